The van der Waals surface area contributed by atoms with E-state index in [0.717, 1.165) is 38.5 Å². The molecular formula is C25H36O5. The number of allylic oxidation sites excluding steroid dienone is 1. The number of hydrogen-bond acceptors (Lipinski definition) is 5. The molecule has 0 bridgehead atoms. The highest BCUT2D eigenvalue weighted by Crippen LogP contribution is 2.73. The topological polar surface area (TPSA) is 65.1 Å². The van der Waals surface area contributed by atoms with Crippen LogP contribution in [0.4, 0.5) is 0 Å². The zero-order chi connectivity index (χ0) is 21.3. The molecule has 5 nitrogen and oxygen atoms in total. The molecule has 0 N–H and O–H groups in total. The fraction of sp³-hybridized carbons (Fsp3) is 0.840. The van der Waals surface area contributed by atoms with Crippen molar-refractivity contribution in [3.05, 3.63) is 11.6 Å². The third kappa shape index (κ3) is 2.67. The number of ether oxygens (including phenoxy) is 3. The molecule has 4 aliphatic carbocycles. The van der Waals surface area contributed by atoms with Gasteiger partial charge in [-0.3, -0.25) is 9.59 Å². The average Bonchev–Trinajstić information content (AvgIpc) is 3.38. The van der Waals surface area contributed by atoms with Crippen LogP contribution in [0.25, 0.3) is 0 Å². The summed E-state index contributed by atoms with van der Waals surface area (Å²) in [5.74, 6) is 1.95. The Bertz CT molecular complexity index is 788. The van der Waals surface area contributed by atoms with Gasteiger partial charge < -0.3 is 14.2 Å². The minimum atomic E-state index is -0.543. The van der Waals surface area contributed by atoms with Crippen LogP contribution in [-0.4, -0.2) is 43.3 Å². The summed E-state index contributed by atoms with van der Waals surface area (Å²) in [5, 5.41) is 0. The van der Waals surface area contributed by atoms with Gasteiger partial charge in [-0.1, -0.05) is 25.5 Å². The third-order valence-corrected chi connectivity index (χ3v) is 9.77. The summed E-state index contributed by atoms with van der Waals surface area (Å²) in [6.07, 6.45) is 10.4. The van der Waals surface area contributed by atoms with E-state index in [1.165, 1.54) is 18.9 Å². The fourth-order valence-electron chi connectivity index (χ4n) is 8.26. The standard InChI is InChI=1S/C25H36O5/c1-15(26)29-17-7-10-23(2)16(13-17)5-6-18-19(23)8-11-24(3)20(18)14-22-25(24,30-22)21(27)9-12-28-4/h5,17-20,22H,6-14H2,1-4H3/t17-,18-,19+,20+,22-,23-,24+,25-/m0/s1. The molecule has 0 unspecified atom stereocenters. The SMILES string of the molecule is COCCC(=O)[C@]12O[C@H]1C[C@@H]1[C@H]3CC=C4C[C@@H](OC(C)=O)CC[C@]4(C)[C@@H]3CC[C@]12C. The molecule has 0 aromatic heterocycles. The van der Waals surface area contributed by atoms with Crippen LogP contribution >= 0.6 is 0 Å². The van der Waals surface area contributed by atoms with E-state index in [0.29, 0.717) is 30.8 Å². The number of hydrogen-bond donors (Lipinski definition) is 0. The first-order valence-corrected chi connectivity index (χ1v) is 11.8. The molecule has 0 amide bonds. The monoisotopic (exact) mass is 416 g/mol. The fourth-order valence-corrected chi connectivity index (χ4v) is 8.26. The molecule has 4 fully saturated rings. The molecule has 5 aliphatic rings. The quantitative estimate of drug-likeness (QED) is 0.381. The molecule has 1 aliphatic heterocycles. The van der Waals surface area contributed by atoms with Crippen molar-refractivity contribution in [2.24, 2.45) is 28.6 Å². The largest absolute Gasteiger partial charge is 0.462 e. The van der Waals surface area contributed by atoms with Crippen LogP contribution < -0.4 is 0 Å². The number of ketones is 1. The van der Waals surface area contributed by atoms with E-state index in [-0.39, 0.29) is 34.8 Å². The van der Waals surface area contributed by atoms with E-state index in [1.807, 2.05) is 0 Å². The van der Waals surface area contributed by atoms with E-state index >= 15 is 0 Å². The number of Topliss-reactive ketones (excluding diaryl/α,β-unsaturated/α-hetero) is 1. The van der Waals surface area contributed by atoms with Gasteiger partial charge in [0.1, 0.15) is 6.10 Å². The lowest BCUT2D eigenvalue weighted by Crippen LogP contribution is -2.54. The van der Waals surface area contributed by atoms with Crippen LogP contribution in [0.5, 0.6) is 0 Å². The summed E-state index contributed by atoms with van der Waals surface area (Å²) >= 11 is 0. The number of carbonyl (C=O) groups excluding carboxylic acids is 2. The Morgan fingerprint density at radius 2 is 2.00 bits per heavy atom. The smallest absolute Gasteiger partial charge is 0.302 e. The number of methoxy groups -OCH3 is 1. The van der Waals surface area contributed by atoms with E-state index < -0.39 is 5.60 Å². The van der Waals surface area contributed by atoms with Crippen LogP contribution in [0.1, 0.15) is 72.1 Å². The van der Waals surface area contributed by atoms with E-state index in [9.17, 15) is 9.59 Å². The zero-order valence-corrected chi connectivity index (χ0v) is 18.9. The predicted molar refractivity (Wildman–Crippen MR) is 112 cm³/mol. The number of esters is 1. The van der Waals surface area contributed by atoms with Crippen molar-refractivity contribution < 1.29 is 23.8 Å². The predicted octanol–water partition coefficient (Wildman–Crippen LogP) is 4.23. The van der Waals surface area contributed by atoms with Crippen molar-refractivity contribution in [2.75, 3.05) is 13.7 Å². The van der Waals surface area contributed by atoms with Crippen LogP contribution in [0.15, 0.2) is 11.6 Å². The average molecular weight is 417 g/mol. The number of epoxide rings is 1. The summed E-state index contributed by atoms with van der Waals surface area (Å²) in [6, 6.07) is 0. The van der Waals surface area contributed by atoms with Gasteiger partial charge in [0.25, 0.3) is 0 Å². The molecule has 1 heterocycles. The van der Waals surface area contributed by atoms with Gasteiger partial charge in [0.05, 0.1) is 12.7 Å². The molecular weight excluding hydrogens is 380 g/mol. The maximum atomic E-state index is 13.1. The third-order valence-electron chi connectivity index (χ3n) is 9.77. The van der Waals surface area contributed by atoms with Gasteiger partial charge in [-0.2, -0.15) is 0 Å². The first kappa shape index (κ1) is 20.7. The summed E-state index contributed by atoms with van der Waals surface area (Å²) < 4.78 is 16.9. The lowest BCUT2D eigenvalue weighted by Gasteiger charge is -2.58. The molecule has 30 heavy (non-hydrogen) atoms. The zero-order valence-electron chi connectivity index (χ0n) is 18.9. The molecule has 0 spiro atoms. The minimum absolute atomic E-state index is 0.0414. The number of fused-ring (bicyclic) bond motifs is 7. The Kier molecular flexibility index (Phi) is 4.76. The van der Waals surface area contributed by atoms with Crippen molar-refractivity contribution in [1.82, 2.24) is 0 Å². The van der Waals surface area contributed by atoms with Crippen molar-refractivity contribution in [3.8, 4) is 0 Å². The molecule has 0 aromatic rings. The van der Waals surface area contributed by atoms with Crippen LogP contribution in [-0.2, 0) is 23.8 Å². The van der Waals surface area contributed by atoms with Gasteiger partial charge in [0.15, 0.2) is 11.4 Å². The van der Waals surface area contributed by atoms with E-state index in [4.69, 9.17) is 14.2 Å². The van der Waals surface area contributed by atoms with Crippen LogP contribution in [0, 0.1) is 28.6 Å². The summed E-state index contributed by atoms with van der Waals surface area (Å²) in [4.78, 5) is 24.6. The number of rotatable bonds is 5. The van der Waals surface area contributed by atoms with E-state index in [1.54, 1.807) is 7.11 Å². The van der Waals surface area contributed by atoms with Crippen molar-refractivity contribution in [3.63, 3.8) is 0 Å². The van der Waals surface area contributed by atoms with Gasteiger partial charge in [-0.05, 0) is 61.7 Å². The van der Waals surface area contributed by atoms with Crippen molar-refractivity contribution >= 4 is 11.8 Å². The molecule has 1 saturated heterocycles. The number of carbonyl (C=O) groups is 2. The molecule has 5 heteroatoms. The Morgan fingerprint density at radius 3 is 2.73 bits per heavy atom. The van der Waals surface area contributed by atoms with Gasteiger partial charge >= 0.3 is 5.97 Å². The highest BCUT2D eigenvalue weighted by atomic mass is 16.6. The van der Waals surface area contributed by atoms with Crippen molar-refractivity contribution in [2.45, 2.75) is 89.9 Å². The van der Waals surface area contributed by atoms with Gasteiger partial charge in [-0.15, -0.1) is 0 Å². The Labute approximate surface area is 179 Å². The minimum Gasteiger partial charge on any atom is -0.462 e. The molecule has 0 radical (unpaired) electrons. The lowest BCUT2D eigenvalue weighted by atomic mass is 9.47. The summed E-state index contributed by atoms with van der Waals surface area (Å²) in [7, 11) is 1.66. The Balaban J connectivity index is 1.38. The maximum Gasteiger partial charge on any atom is 0.302 e. The molecule has 0 aromatic carbocycles. The second-order valence-electron chi connectivity index (χ2n) is 10.9. The molecule has 8 atom stereocenters. The Hall–Kier alpha value is -1.20. The molecule has 5 rings (SSSR count). The van der Waals surface area contributed by atoms with E-state index in [2.05, 4.69) is 19.9 Å². The molecule has 3 saturated carbocycles. The highest BCUT2D eigenvalue weighted by Gasteiger charge is 2.79. The molecule has 166 valence electrons. The first-order valence-electron chi connectivity index (χ1n) is 11.8. The van der Waals surface area contributed by atoms with Gasteiger partial charge in [0, 0.05) is 32.3 Å². The first-order chi connectivity index (χ1) is 14.3. The summed E-state index contributed by atoms with van der Waals surface area (Å²) in [5.41, 5.74) is 1.14. The lowest BCUT2D eigenvalue weighted by molar-refractivity contribution is -0.149. The van der Waals surface area contributed by atoms with Gasteiger partial charge in [0.2, 0.25) is 0 Å². The second-order valence-corrected chi connectivity index (χ2v) is 10.9. The maximum absolute atomic E-state index is 13.1. The highest BCUT2D eigenvalue weighted by molar-refractivity contribution is 5.92. The Morgan fingerprint density at radius 1 is 1.20 bits per heavy atom. The normalized spacial score (nSPS) is 48.5. The van der Waals surface area contributed by atoms with Crippen molar-refractivity contribution in [1.29, 1.82) is 0 Å². The summed E-state index contributed by atoms with van der Waals surface area (Å²) in [6.45, 7) is 6.79. The van der Waals surface area contributed by atoms with Crippen LogP contribution in [0.3, 0.4) is 0 Å². The van der Waals surface area contributed by atoms with Gasteiger partial charge in [-0.25, -0.2) is 0 Å². The second kappa shape index (κ2) is 6.90. The van der Waals surface area contributed by atoms with Crippen LogP contribution in [0.2, 0.25) is 0 Å².